The molecule has 1 aliphatic rings. The van der Waals surface area contributed by atoms with Crippen molar-refractivity contribution in [3.05, 3.63) is 59.1 Å². The molecule has 0 radical (unpaired) electrons. The number of aromatic nitrogens is 1. The lowest BCUT2D eigenvalue weighted by molar-refractivity contribution is 0.111. The van der Waals surface area contributed by atoms with Gasteiger partial charge in [0.25, 0.3) is 0 Å². The zero-order valence-electron chi connectivity index (χ0n) is 12.5. The molecule has 0 unspecified atom stereocenters. The predicted molar refractivity (Wildman–Crippen MR) is 81.9 cm³/mol. The summed E-state index contributed by atoms with van der Waals surface area (Å²) in [7, 11) is 1.59. The number of phenolic OH excluding ortho intramolecular Hbond substituents is 1. The zero-order valence-corrected chi connectivity index (χ0v) is 12.5. The van der Waals surface area contributed by atoms with Gasteiger partial charge < -0.3 is 19.3 Å². The van der Waals surface area contributed by atoms with Crippen molar-refractivity contribution in [2.24, 2.45) is 0 Å². The van der Waals surface area contributed by atoms with Gasteiger partial charge in [0.2, 0.25) is 0 Å². The van der Waals surface area contributed by atoms with Gasteiger partial charge in [0.15, 0.2) is 17.8 Å². The monoisotopic (exact) mass is 313 g/mol. The lowest BCUT2D eigenvalue weighted by Gasteiger charge is -2.10. The van der Waals surface area contributed by atoms with Crippen molar-refractivity contribution in [3.8, 4) is 11.5 Å². The summed E-state index contributed by atoms with van der Waals surface area (Å²) in [5.74, 6) is 1.68. The number of phenols is 1. The number of rotatable bonds is 6. The summed E-state index contributed by atoms with van der Waals surface area (Å²) in [4.78, 5) is 15.3. The number of benzene rings is 1. The van der Waals surface area contributed by atoms with E-state index < -0.39 is 0 Å². The van der Waals surface area contributed by atoms with Gasteiger partial charge >= 0.3 is 0 Å². The van der Waals surface area contributed by atoms with Gasteiger partial charge in [-0.1, -0.05) is 6.07 Å². The number of epoxide rings is 1. The van der Waals surface area contributed by atoms with Crippen molar-refractivity contribution in [1.29, 1.82) is 0 Å². The Morgan fingerprint density at radius 2 is 2.26 bits per heavy atom. The minimum atomic E-state index is -0.114. The van der Waals surface area contributed by atoms with Crippen LogP contribution < -0.4 is 4.74 Å². The van der Waals surface area contributed by atoms with E-state index in [4.69, 9.17) is 14.2 Å². The van der Waals surface area contributed by atoms with Gasteiger partial charge in [-0.05, 0) is 24.3 Å². The number of hydrogen-bond acceptors (Lipinski definition) is 6. The molecule has 118 valence electrons. The third kappa shape index (κ3) is 3.26. The summed E-state index contributed by atoms with van der Waals surface area (Å²) in [6.45, 7) is 0.731. The summed E-state index contributed by atoms with van der Waals surface area (Å²) in [5.41, 5.74) is 1.63. The van der Waals surface area contributed by atoms with Crippen LogP contribution in [-0.4, -0.2) is 30.1 Å². The molecule has 6 heteroatoms. The Morgan fingerprint density at radius 3 is 2.96 bits per heavy atom. The highest BCUT2D eigenvalue weighted by atomic mass is 16.6. The van der Waals surface area contributed by atoms with Crippen LogP contribution in [0.15, 0.2) is 42.3 Å². The molecular weight excluding hydrogens is 298 g/mol. The first-order chi connectivity index (χ1) is 11.2. The highest BCUT2D eigenvalue weighted by molar-refractivity contribution is 5.83. The molecular formula is C17H15NO5. The fourth-order valence-electron chi connectivity index (χ4n) is 2.19. The van der Waals surface area contributed by atoms with E-state index in [1.54, 1.807) is 25.4 Å². The molecule has 3 rings (SSSR count). The Labute approximate surface area is 132 Å². The van der Waals surface area contributed by atoms with Crippen LogP contribution in [0.1, 0.15) is 21.6 Å². The molecule has 1 aromatic heterocycles. The summed E-state index contributed by atoms with van der Waals surface area (Å²) >= 11 is 0. The van der Waals surface area contributed by atoms with Gasteiger partial charge in [-0.15, -0.1) is 0 Å². The Morgan fingerprint density at radius 1 is 1.43 bits per heavy atom. The van der Waals surface area contributed by atoms with Gasteiger partial charge in [-0.2, -0.15) is 0 Å². The molecule has 0 amide bonds. The average Bonchev–Trinajstić information content (AvgIpc) is 3.39. The van der Waals surface area contributed by atoms with E-state index in [2.05, 4.69) is 4.98 Å². The maximum atomic E-state index is 11.0. The Hall–Kier alpha value is -3.02. The van der Waals surface area contributed by atoms with E-state index in [9.17, 15) is 9.90 Å². The fourth-order valence-corrected chi connectivity index (χ4v) is 2.19. The number of hydrogen-bond donors (Lipinski definition) is 1. The third-order valence-corrected chi connectivity index (χ3v) is 3.36. The molecule has 1 N–H and O–H groups in total. The molecule has 1 aromatic carbocycles. The molecule has 1 saturated heterocycles. The second kappa shape index (κ2) is 6.39. The van der Waals surface area contributed by atoms with Crippen LogP contribution in [0.25, 0.3) is 5.76 Å². The molecule has 6 nitrogen and oxygen atoms in total. The molecule has 23 heavy (non-hydrogen) atoms. The van der Waals surface area contributed by atoms with Crippen LogP contribution in [0, 0.1) is 0 Å². The van der Waals surface area contributed by atoms with Crippen molar-refractivity contribution in [2.75, 3.05) is 13.7 Å². The molecule has 1 fully saturated rings. The Bertz CT molecular complexity index is 763. The molecule has 0 bridgehead atoms. The van der Waals surface area contributed by atoms with Crippen LogP contribution in [0.5, 0.6) is 11.5 Å². The highest BCUT2D eigenvalue weighted by Crippen LogP contribution is 2.29. The van der Waals surface area contributed by atoms with E-state index in [-0.39, 0.29) is 17.9 Å². The maximum Gasteiger partial charge on any atom is 0.176 e. The second-order valence-electron chi connectivity index (χ2n) is 4.88. The number of ether oxygens (including phenoxy) is 3. The lowest BCUT2D eigenvalue weighted by Crippen LogP contribution is -2.01. The Kier molecular flexibility index (Phi) is 4.14. The molecule has 0 aliphatic carbocycles. The van der Waals surface area contributed by atoms with E-state index in [0.717, 1.165) is 11.3 Å². The quantitative estimate of drug-likeness (QED) is 0.501. The smallest absolute Gasteiger partial charge is 0.176 e. The summed E-state index contributed by atoms with van der Waals surface area (Å²) in [5, 5.41) is 9.64. The highest BCUT2D eigenvalue weighted by Gasteiger charge is 2.22. The summed E-state index contributed by atoms with van der Waals surface area (Å²) in [6, 6.07) is 8.31. The van der Waals surface area contributed by atoms with Gasteiger partial charge in [-0.3, -0.25) is 9.78 Å². The van der Waals surface area contributed by atoms with Crippen molar-refractivity contribution in [1.82, 2.24) is 4.98 Å². The van der Waals surface area contributed by atoms with Gasteiger partial charge in [0.1, 0.15) is 24.7 Å². The first-order valence-electron chi connectivity index (χ1n) is 6.98. The molecule has 0 saturated carbocycles. The Balaban J connectivity index is 1.78. The first-order valence-corrected chi connectivity index (χ1v) is 6.98. The van der Waals surface area contributed by atoms with Crippen LogP contribution >= 0.6 is 0 Å². The second-order valence-corrected chi connectivity index (χ2v) is 4.88. The SMILES string of the molecule is CO/C(=C1/CO1)c1ccnc(COc2cccc(O)c2C=O)c1. The molecule has 1 aliphatic heterocycles. The minimum absolute atomic E-state index is 0.114. The topological polar surface area (TPSA) is 81.2 Å². The largest absolute Gasteiger partial charge is 0.507 e. The number of aldehydes is 1. The fraction of sp³-hybridized carbons (Fsp3) is 0.176. The number of pyridine rings is 1. The molecule has 0 spiro atoms. The number of nitrogens with zero attached hydrogens (tertiary/aromatic N) is 1. The van der Waals surface area contributed by atoms with Crippen molar-refractivity contribution < 1.29 is 24.1 Å². The van der Waals surface area contributed by atoms with Crippen LogP contribution in [0.4, 0.5) is 0 Å². The van der Waals surface area contributed by atoms with Crippen LogP contribution in [0.2, 0.25) is 0 Å². The van der Waals surface area contributed by atoms with E-state index in [1.165, 1.54) is 6.07 Å². The van der Waals surface area contributed by atoms with E-state index in [0.29, 0.717) is 30.1 Å². The zero-order chi connectivity index (χ0) is 16.2. The van der Waals surface area contributed by atoms with Crippen molar-refractivity contribution in [3.63, 3.8) is 0 Å². The number of aromatic hydroxyl groups is 1. The standard InChI is InChI=1S/C17H15NO5/c1-21-17(16-10-23-16)11-5-6-18-12(7-11)9-22-15-4-2-3-14(20)13(15)8-19/h2-8,20H,9-10H2,1H3/b17-16-. The van der Waals surface area contributed by atoms with Crippen molar-refractivity contribution >= 4 is 12.0 Å². The minimum Gasteiger partial charge on any atom is -0.507 e. The van der Waals surface area contributed by atoms with Gasteiger partial charge in [0, 0.05) is 11.8 Å². The van der Waals surface area contributed by atoms with Crippen LogP contribution in [-0.2, 0) is 16.1 Å². The van der Waals surface area contributed by atoms with E-state index >= 15 is 0 Å². The number of carbonyl (C=O) groups excluding carboxylic acids is 1. The molecule has 0 atom stereocenters. The lowest BCUT2D eigenvalue weighted by atomic mass is 10.2. The van der Waals surface area contributed by atoms with Crippen LogP contribution in [0.3, 0.4) is 0 Å². The van der Waals surface area contributed by atoms with E-state index in [1.807, 2.05) is 12.1 Å². The first kappa shape index (κ1) is 14.9. The molecule has 2 aromatic rings. The third-order valence-electron chi connectivity index (χ3n) is 3.36. The normalized spacial score (nSPS) is 14.7. The van der Waals surface area contributed by atoms with Gasteiger partial charge in [-0.25, -0.2) is 0 Å². The van der Waals surface area contributed by atoms with Gasteiger partial charge in [0.05, 0.1) is 18.4 Å². The number of carbonyl (C=O) groups is 1. The predicted octanol–water partition coefficient (Wildman–Crippen LogP) is 2.52. The summed E-state index contributed by atoms with van der Waals surface area (Å²) in [6.07, 6.45) is 2.21. The maximum absolute atomic E-state index is 11.0. The molecule has 2 heterocycles. The average molecular weight is 313 g/mol. The number of methoxy groups -OCH3 is 1. The van der Waals surface area contributed by atoms with Crippen molar-refractivity contribution in [2.45, 2.75) is 6.61 Å². The summed E-state index contributed by atoms with van der Waals surface area (Å²) < 4.78 is 16.1.